The topological polar surface area (TPSA) is 87.8 Å². The molecular weight excluding hydrogens is 348 g/mol. The van der Waals surface area contributed by atoms with Crippen molar-refractivity contribution < 1.29 is 14.7 Å². The molecule has 0 bridgehead atoms. The number of amides is 3. The summed E-state index contributed by atoms with van der Waals surface area (Å²) in [6, 6.07) is -0.307. The van der Waals surface area contributed by atoms with Gasteiger partial charge in [-0.15, -0.1) is 0 Å². The fraction of sp³-hybridized carbons (Fsp3) is 0.421. The van der Waals surface area contributed by atoms with Gasteiger partial charge in [0.1, 0.15) is 11.4 Å². The quantitative estimate of drug-likeness (QED) is 0.450. The van der Waals surface area contributed by atoms with Crippen LogP contribution in [0.25, 0.3) is 6.08 Å². The van der Waals surface area contributed by atoms with Crippen LogP contribution in [0.2, 0.25) is 0 Å². The normalized spacial score (nSPS) is 16.8. The largest absolute Gasteiger partial charge is 0.493 e. The minimum absolute atomic E-state index is 0.0698. The molecule has 8 nitrogen and oxygen atoms in total. The fourth-order valence-electron chi connectivity index (χ4n) is 3.05. The first-order valence-electron chi connectivity index (χ1n) is 9.13. The standard InChI is InChI=1S/C19H26N4O4/c1-5-20-14(16(24)22(7-3)18(20)26)12-10-9-11-13-15-17(25)23(8-4)19(27)21(15)6-2/h9-13,24H,5-8H2,1-4H3. The van der Waals surface area contributed by atoms with Crippen molar-refractivity contribution in [3.63, 3.8) is 0 Å². The summed E-state index contributed by atoms with van der Waals surface area (Å²) in [6.07, 6.45) is 8.24. The molecule has 1 aromatic rings. The van der Waals surface area contributed by atoms with Crippen LogP contribution in [-0.2, 0) is 17.9 Å². The summed E-state index contributed by atoms with van der Waals surface area (Å²) in [4.78, 5) is 39.2. The molecule has 0 aromatic carbocycles. The molecule has 0 spiro atoms. The molecule has 1 fully saturated rings. The van der Waals surface area contributed by atoms with E-state index in [9.17, 15) is 19.5 Å². The number of rotatable bonds is 7. The maximum atomic E-state index is 12.3. The summed E-state index contributed by atoms with van der Waals surface area (Å²) >= 11 is 0. The van der Waals surface area contributed by atoms with E-state index >= 15 is 0 Å². The third-order valence-electron chi connectivity index (χ3n) is 4.45. The Labute approximate surface area is 158 Å². The van der Waals surface area contributed by atoms with Gasteiger partial charge in [-0.1, -0.05) is 18.2 Å². The molecule has 0 saturated carbocycles. The average Bonchev–Trinajstić information content (AvgIpc) is 3.03. The molecule has 0 atom stereocenters. The van der Waals surface area contributed by atoms with Gasteiger partial charge in [-0.25, -0.2) is 9.59 Å². The van der Waals surface area contributed by atoms with Crippen molar-refractivity contribution in [1.29, 1.82) is 0 Å². The highest BCUT2D eigenvalue weighted by Gasteiger charge is 2.38. The number of urea groups is 1. The minimum atomic E-state index is -0.310. The third-order valence-corrected chi connectivity index (χ3v) is 4.45. The minimum Gasteiger partial charge on any atom is -0.493 e. The average molecular weight is 374 g/mol. The van der Waals surface area contributed by atoms with Gasteiger partial charge in [-0.2, -0.15) is 0 Å². The lowest BCUT2D eigenvalue weighted by atomic mass is 10.3. The summed E-state index contributed by atoms with van der Waals surface area (Å²) < 4.78 is 2.79. The lowest BCUT2D eigenvalue weighted by molar-refractivity contribution is -0.122. The second-order valence-electron chi connectivity index (χ2n) is 5.85. The van der Waals surface area contributed by atoms with Crippen LogP contribution in [0.4, 0.5) is 4.79 Å². The van der Waals surface area contributed by atoms with Crippen LogP contribution < -0.4 is 5.69 Å². The fourth-order valence-corrected chi connectivity index (χ4v) is 3.05. The molecular formula is C19H26N4O4. The number of carbonyl (C=O) groups is 2. The molecule has 1 aliphatic heterocycles. The highest BCUT2D eigenvalue weighted by atomic mass is 16.3. The van der Waals surface area contributed by atoms with Crippen molar-refractivity contribution in [3.05, 3.63) is 46.2 Å². The first-order valence-corrected chi connectivity index (χ1v) is 9.13. The van der Waals surface area contributed by atoms with Gasteiger partial charge in [-0.05, 0) is 39.8 Å². The van der Waals surface area contributed by atoms with Crippen molar-refractivity contribution in [2.45, 2.75) is 40.8 Å². The maximum Gasteiger partial charge on any atom is 0.331 e. The number of hydrogen-bond donors (Lipinski definition) is 1. The Morgan fingerprint density at radius 1 is 0.815 bits per heavy atom. The monoisotopic (exact) mass is 374 g/mol. The van der Waals surface area contributed by atoms with Crippen LogP contribution in [-0.4, -0.2) is 49.1 Å². The number of aromatic nitrogens is 2. The Hall–Kier alpha value is -3.03. The SMILES string of the molecule is CCN1C(=O)C(=CC=CC=Cc2c(O)n(CC)c(=O)n2CC)N(CC)C1=O. The van der Waals surface area contributed by atoms with E-state index in [2.05, 4.69) is 0 Å². The van der Waals surface area contributed by atoms with Crippen molar-refractivity contribution in [1.82, 2.24) is 18.9 Å². The molecule has 3 amide bonds. The van der Waals surface area contributed by atoms with E-state index in [1.807, 2.05) is 13.8 Å². The number of likely N-dealkylation sites (N-methyl/N-ethyl adjacent to an activating group) is 2. The number of nitrogens with zero attached hydrogens (tertiary/aromatic N) is 4. The summed E-state index contributed by atoms with van der Waals surface area (Å²) in [7, 11) is 0. The molecule has 2 rings (SSSR count). The highest BCUT2D eigenvalue weighted by Crippen LogP contribution is 2.21. The van der Waals surface area contributed by atoms with E-state index in [1.54, 1.807) is 44.2 Å². The van der Waals surface area contributed by atoms with Crippen LogP contribution >= 0.6 is 0 Å². The van der Waals surface area contributed by atoms with Crippen molar-refractivity contribution >= 4 is 18.0 Å². The van der Waals surface area contributed by atoms with E-state index in [1.165, 1.54) is 18.9 Å². The van der Waals surface area contributed by atoms with Gasteiger partial charge >= 0.3 is 11.7 Å². The zero-order valence-corrected chi connectivity index (χ0v) is 16.2. The van der Waals surface area contributed by atoms with Crippen molar-refractivity contribution in [2.24, 2.45) is 0 Å². The summed E-state index contributed by atoms with van der Waals surface area (Å²) in [5.41, 5.74) is 0.511. The van der Waals surface area contributed by atoms with Gasteiger partial charge in [0.15, 0.2) is 0 Å². The molecule has 0 unspecified atom stereocenters. The second-order valence-corrected chi connectivity index (χ2v) is 5.85. The number of allylic oxidation sites excluding steroid dienone is 4. The van der Waals surface area contributed by atoms with Gasteiger partial charge in [-0.3, -0.25) is 23.7 Å². The Bertz CT molecular complexity index is 873. The Balaban J connectivity index is 2.23. The summed E-state index contributed by atoms with van der Waals surface area (Å²) in [5, 5.41) is 10.2. The smallest absolute Gasteiger partial charge is 0.331 e. The molecule has 0 radical (unpaired) electrons. The molecule has 146 valence electrons. The van der Waals surface area contributed by atoms with Crippen LogP contribution in [0.15, 0.2) is 34.8 Å². The summed E-state index contributed by atoms with van der Waals surface area (Å²) in [6.45, 7) is 8.77. The summed E-state index contributed by atoms with van der Waals surface area (Å²) in [5.74, 6) is -0.380. The Kier molecular flexibility index (Phi) is 6.44. The van der Waals surface area contributed by atoms with Gasteiger partial charge in [0.25, 0.3) is 5.91 Å². The molecule has 0 aliphatic carbocycles. The van der Waals surface area contributed by atoms with E-state index in [4.69, 9.17) is 0 Å². The van der Waals surface area contributed by atoms with E-state index in [-0.39, 0.29) is 23.5 Å². The number of hydrogen-bond acceptors (Lipinski definition) is 4. The molecule has 2 heterocycles. The zero-order chi connectivity index (χ0) is 20.1. The number of imidazole rings is 1. The highest BCUT2D eigenvalue weighted by molar-refractivity contribution is 6.11. The second kappa shape index (κ2) is 8.57. The lowest BCUT2D eigenvalue weighted by Crippen LogP contribution is -2.32. The van der Waals surface area contributed by atoms with Crippen LogP contribution in [0, 0.1) is 0 Å². The molecule has 1 saturated heterocycles. The Morgan fingerprint density at radius 3 is 2.00 bits per heavy atom. The van der Waals surface area contributed by atoms with Gasteiger partial charge in [0.2, 0.25) is 5.88 Å². The first kappa shape index (κ1) is 20.3. The maximum absolute atomic E-state index is 12.3. The molecule has 1 N–H and O–H groups in total. The van der Waals surface area contributed by atoms with E-state index in [0.717, 1.165) is 0 Å². The predicted octanol–water partition coefficient (Wildman–Crippen LogP) is 2.15. The van der Waals surface area contributed by atoms with Gasteiger partial charge in [0.05, 0.1) is 0 Å². The predicted molar refractivity (Wildman–Crippen MR) is 103 cm³/mol. The number of aromatic hydroxyl groups is 1. The third kappa shape index (κ3) is 3.60. The number of imide groups is 1. The van der Waals surface area contributed by atoms with Crippen LogP contribution in [0.3, 0.4) is 0 Å². The van der Waals surface area contributed by atoms with Gasteiger partial charge in [0, 0.05) is 26.2 Å². The number of carbonyl (C=O) groups excluding carboxylic acids is 2. The molecule has 1 aromatic heterocycles. The first-order chi connectivity index (χ1) is 12.9. The van der Waals surface area contributed by atoms with Gasteiger partial charge < -0.3 is 5.11 Å². The molecule has 8 heteroatoms. The zero-order valence-electron chi connectivity index (χ0n) is 16.2. The van der Waals surface area contributed by atoms with E-state index in [0.29, 0.717) is 37.6 Å². The van der Waals surface area contributed by atoms with E-state index < -0.39 is 0 Å². The Morgan fingerprint density at radius 2 is 1.44 bits per heavy atom. The van der Waals surface area contributed by atoms with Crippen LogP contribution in [0.5, 0.6) is 5.88 Å². The van der Waals surface area contributed by atoms with Crippen molar-refractivity contribution in [2.75, 3.05) is 13.1 Å². The lowest BCUT2D eigenvalue weighted by Gasteiger charge is -2.13. The molecule has 1 aliphatic rings. The van der Waals surface area contributed by atoms with Crippen molar-refractivity contribution in [3.8, 4) is 5.88 Å². The van der Waals surface area contributed by atoms with Crippen LogP contribution in [0.1, 0.15) is 33.4 Å². The molecule has 27 heavy (non-hydrogen) atoms.